The number of carbonyl (C=O) groups excluding carboxylic acids is 2. The van der Waals surface area contributed by atoms with Crippen LogP contribution in [0.3, 0.4) is 0 Å². The lowest BCUT2D eigenvalue weighted by Gasteiger charge is -2.12. The monoisotopic (exact) mass is 408 g/mol. The first kappa shape index (κ1) is 21.9. The zero-order valence-corrected chi connectivity index (χ0v) is 16.0. The van der Waals surface area contributed by atoms with Crippen molar-refractivity contribution in [3.8, 4) is 11.5 Å². The zero-order valence-electron chi connectivity index (χ0n) is 16.0. The number of nitrogens with one attached hydrogen (secondary N) is 2. The van der Waals surface area contributed by atoms with Crippen molar-refractivity contribution in [2.45, 2.75) is 20.0 Å². The summed E-state index contributed by atoms with van der Waals surface area (Å²) in [5.41, 5.74) is 1.73. The first-order valence-corrected chi connectivity index (χ1v) is 8.86. The molecule has 0 aliphatic rings. The van der Waals surface area contributed by atoms with Gasteiger partial charge in [-0.05, 0) is 55.3 Å². The molecule has 0 aliphatic carbocycles. The van der Waals surface area contributed by atoms with Gasteiger partial charge in [0.25, 0.3) is 5.91 Å². The minimum atomic E-state index is -2.94. The van der Waals surface area contributed by atoms with Crippen LogP contribution in [-0.4, -0.2) is 38.9 Å². The van der Waals surface area contributed by atoms with Crippen LogP contribution in [-0.2, 0) is 11.2 Å². The molecule has 156 valence electrons. The van der Waals surface area contributed by atoms with E-state index in [0.29, 0.717) is 24.2 Å². The summed E-state index contributed by atoms with van der Waals surface area (Å²) in [6, 6.07) is 11.0. The van der Waals surface area contributed by atoms with Gasteiger partial charge in [-0.15, -0.1) is 0 Å². The molecule has 0 radical (unpaired) electrons. The van der Waals surface area contributed by atoms with E-state index >= 15 is 0 Å². The van der Waals surface area contributed by atoms with Crippen molar-refractivity contribution in [1.29, 1.82) is 0 Å². The first-order chi connectivity index (χ1) is 13.9. The van der Waals surface area contributed by atoms with E-state index < -0.39 is 12.7 Å². The van der Waals surface area contributed by atoms with Gasteiger partial charge in [-0.3, -0.25) is 10.1 Å². The molecule has 0 bridgehead atoms. The predicted octanol–water partition coefficient (Wildman–Crippen LogP) is 3.84. The van der Waals surface area contributed by atoms with Crippen molar-refractivity contribution in [3.63, 3.8) is 0 Å². The number of alkyl halides is 2. The molecule has 0 heterocycles. The van der Waals surface area contributed by atoms with E-state index in [9.17, 15) is 18.4 Å². The summed E-state index contributed by atoms with van der Waals surface area (Å²) >= 11 is 0. The molecule has 2 amide bonds. The van der Waals surface area contributed by atoms with Crippen LogP contribution in [0.15, 0.2) is 42.5 Å². The molecule has 2 aromatic rings. The number of hydrogen-bond acceptors (Lipinski definition) is 5. The Hall–Kier alpha value is -3.36. The molecule has 0 saturated carbocycles. The SMILES string of the molecule is CCOC(=O)Nc1ccc(C(=O)NCCc2ccc(OC(F)F)c(OC)c2)cc1. The lowest BCUT2D eigenvalue weighted by Crippen LogP contribution is -2.25. The molecular formula is C20H22F2N2O5. The second-order valence-corrected chi connectivity index (χ2v) is 5.79. The Kier molecular flexibility index (Phi) is 8.20. The Labute approximate surface area is 167 Å². The third kappa shape index (κ3) is 6.95. The minimum Gasteiger partial charge on any atom is -0.493 e. The second kappa shape index (κ2) is 10.8. The number of ether oxygens (including phenoxy) is 3. The molecule has 0 aliphatic heterocycles. The molecule has 2 aromatic carbocycles. The Bertz CT molecular complexity index is 828. The van der Waals surface area contributed by atoms with Gasteiger partial charge in [-0.1, -0.05) is 6.07 Å². The summed E-state index contributed by atoms with van der Waals surface area (Å²) in [7, 11) is 1.36. The molecule has 0 aromatic heterocycles. The average Bonchev–Trinajstić information content (AvgIpc) is 2.69. The smallest absolute Gasteiger partial charge is 0.411 e. The normalized spacial score (nSPS) is 10.4. The van der Waals surface area contributed by atoms with Crippen molar-refractivity contribution in [1.82, 2.24) is 5.32 Å². The molecule has 9 heteroatoms. The van der Waals surface area contributed by atoms with E-state index in [-0.39, 0.29) is 24.0 Å². The summed E-state index contributed by atoms with van der Waals surface area (Å²) in [5.74, 6) is -0.136. The van der Waals surface area contributed by atoms with Crippen molar-refractivity contribution in [2.75, 3.05) is 25.6 Å². The molecular weight excluding hydrogens is 386 g/mol. The minimum absolute atomic E-state index is 0.0493. The second-order valence-electron chi connectivity index (χ2n) is 5.79. The highest BCUT2D eigenvalue weighted by Crippen LogP contribution is 2.29. The lowest BCUT2D eigenvalue weighted by molar-refractivity contribution is -0.0512. The third-order valence-electron chi connectivity index (χ3n) is 3.81. The molecule has 0 atom stereocenters. The number of hydrogen-bond donors (Lipinski definition) is 2. The van der Waals surface area contributed by atoms with Crippen molar-refractivity contribution in [2.24, 2.45) is 0 Å². The molecule has 0 unspecified atom stereocenters. The molecule has 2 rings (SSSR count). The summed E-state index contributed by atoms with van der Waals surface area (Å²) in [6.07, 6.45) is -0.0929. The number of carbonyl (C=O) groups is 2. The highest BCUT2D eigenvalue weighted by molar-refractivity contribution is 5.95. The topological polar surface area (TPSA) is 85.9 Å². The van der Waals surface area contributed by atoms with E-state index in [1.54, 1.807) is 43.3 Å². The number of anilines is 1. The molecule has 29 heavy (non-hydrogen) atoms. The quantitative estimate of drug-likeness (QED) is 0.659. The van der Waals surface area contributed by atoms with Gasteiger partial charge >= 0.3 is 12.7 Å². The molecule has 0 saturated heterocycles. The van der Waals surface area contributed by atoms with Gasteiger partial charge in [-0.25, -0.2) is 4.79 Å². The Morgan fingerprint density at radius 3 is 2.41 bits per heavy atom. The van der Waals surface area contributed by atoms with E-state index in [4.69, 9.17) is 9.47 Å². The maximum absolute atomic E-state index is 12.4. The highest BCUT2D eigenvalue weighted by atomic mass is 19.3. The fraction of sp³-hybridized carbons (Fsp3) is 0.300. The van der Waals surface area contributed by atoms with Gasteiger partial charge in [-0.2, -0.15) is 8.78 Å². The highest BCUT2D eigenvalue weighted by Gasteiger charge is 2.11. The van der Waals surface area contributed by atoms with Crippen LogP contribution in [0.25, 0.3) is 0 Å². The number of amides is 2. The fourth-order valence-electron chi connectivity index (χ4n) is 2.47. The van der Waals surface area contributed by atoms with Crippen LogP contribution < -0.4 is 20.1 Å². The van der Waals surface area contributed by atoms with E-state index in [1.165, 1.54) is 13.2 Å². The van der Waals surface area contributed by atoms with Crippen LogP contribution in [0.2, 0.25) is 0 Å². The number of halogens is 2. The van der Waals surface area contributed by atoms with Crippen molar-refractivity contribution < 1.29 is 32.6 Å². The van der Waals surface area contributed by atoms with Crippen molar-refractivity contribution >= 4 is 17.7 Å². The van der Waals surface area contributed by atoms with Gasteiger partial charge in [0.2, 0.25) is 0 Å². The zero-order chi connectivity index (χ0) is 21.2. The predicted molar refractivity (Wildman–Crippen MR) is 103 cm³/mol. The van der Waals surface area contributed by atoms with Gasteiger partial charge in [0, 0.05) is 17.8 Å². The van der Waals surface area contributed by atoms with E-state index in [1.807, 2.05) is 0 Å². The van der Waals surface area contributed by atoms with Crippen LogP contribution in [0.5, 0.6) is 11.5 Å². The largest absolute Gasteiger partial charge is 0.493 e. The molecule has 0 spiro atoms. The molecule has 2 N–H and O–H groups in total. The Balaban J connectivity index is 1.87. The third-order valence-corrected chi connectivity index (χ3v) is 3.81. The summed E-state index contributed by atoms with van der Waals surface area (Å²) in [6.45, 7) is -0.637. The molecule has 0 fully saturated rings. The van der Waals surface area contributed by atoms with Crippen molar-refractivity contribution in [3.05, 3.63) is 53.6 Å². The van der Waals surface area contributed by atoms with Crippen LogP contribution in [0, 0.1) is 0 Å². The molecule has 7 nitrogen and oxygen atoms in total. The summed E-state index contributed by atoms with van der Waals surface area (Å²) < 4.78 is 38.9. The fourth-order valence-corrected chi connectivity index (χ4v) is 2.47. The summed E-state index contributed by atoms with van der Waals surface area (Å²) in [5, 5.41) is 5.31. The maximum Gasteiger partial charge on any atom is 0.411 e. The van der Waals surface area contributed by atoms with Gasteiger partial charge in [0.15, 0.2) is 11.5 Å². The standard InChI is InChI=1S/C20H22F2N2O5/c1-3-28-20(26)24-15-7-5-14(6-8-15)18(25)23-11-10-13-4-9-16(29-19(21)22)17(12-13)27-2/h4-9,12,19H,3,10-11H2,1-2H3,(H,23,25)(H,24,26). The van der Waals surface area contributed by atoms with E-state index in [0.717, 1.165) is 5.56 Å². The van der Waals surface area contributed by atoms with Gasteiger partial charge in [0.05, 0.1) is 13.7 Å². The summed E-state index contributed by atoms with van der Waals surface area (Å²) in [4.78, 5) is 23.6. The maximum atomic E-state index is 12.4. The number of rotatable bonds is 9. The Morgan fingerprint density at radius 2 is 1.79 bits per heavy atom. The average molecular weight is 408 g/mol. The van der Waals surface area contributed by atoms with Gasteiger partial charge in [0.1, 0.15) is 0 Å². The van der Waals surface area contributed by atoms with Crippen LogP contribution in [0.1, 0.15) is 22.8 Å². The van der Waals surface area contributed by atoms with Crippen LogP contribution in [0.4, 0.5) is 19.3 Å². The number of benzene rings is 2. The lowest BCUT2D eigenvalue weighted by atomic mass is 10.1. The Morgan fingerprint density at radius 1 is 1.07 bits per heavy atom. The van der Waals surface area contributed by atoms with Crippen LogP contribution >= 0.6 is 0 Å². The van der Waals surface area contributed by atoms with Gasteiger partial charge < -0.3 is 19.5 Å². The van der Waals surface area contributed by atoms with E-state index in [2.05, 4.69) is 15.4 Å². The number of methoxy groups -OCH3 is 1. The first-order valence-electron chi connectivity index (χ1n) is 8.86.